The zero-order valence-electron chi connectivity index (χ0n) is 21.3. The molecule has 3 heterocycles. The Morgan fingerprint density at radius 3 is 2.59 bits per heavy atom. The second-order valence-electron chi connectivity index (χ2n) is 8.92. The van der Waals surface area contributed by atoms with Gasteiger partial charge in [-0.15, -0.1) is 11.3 Å². The Bertz CT molecular complexity index is 1720. The second-order valence-corrected chi connectivity index (χ2v) is 11.4. The summed E-state index contributed by atoms with van der Waals surface area (Å²) in [6.07, 6.45) is 1.37. The maximum Gasteiger partial charge on any atom is 0.330 e. The van der Waals surface area contributed by atoms with E-state index in [0.29, 0.717) is 22.8 Å². The Kier molecular flexibility index (Phi) is 8.74. The molecule has 10 nitrogen and oxygen atoms in total. The van der Waals surface area contributed by atoms with Crippen LogP contribution < -0.4 is 19.2 Å². The van der Waals surface area contributed by atoms with E-state index in [1.165, 1.54) is 36.2 Å². The highest BCUT2D eigenvalue weighted by Crippen LogP contribution is 2.29. The number of pyridine rings is 1. The third kappa shape index (κ3) is 6.23. The van der Waals surface area contributed by atoms with Crippen LogP contribution in [0, 0.1) is 17.5 Å². The van der Waals surface area contributed by atoms with Gasteiger partial charge in [-0.05, 0) is 47.9 Å². The molecule has 1 aliphatic rings. The average Bonchev–Trinajstić information content (AvgIpc) is 3.55. The lowest BCUT2D eigenvalue weighted by molar-refractivity contribution is -0.120. The van der Waals surface area contributed by atoms with Crippen LogP contribution in [0.15, 0.2) is 54.2 Å². The van der Waals surface area contributed by atoms with E-state index in [0.717, 1.165) is 21.3 Å². The Balaban J connectivity index is 0.00000387. The van der Waals surface area contributed by atoms with Crippen molar-refractivity contribution in [1.82, 2.24) is 20.0 Å². The normalized spacial score (nSPS) is 13.3. The van der Waals surface area contributed by atoms with Crippen molar-refractivity contribution < 1.29 is 31.2 Å². The Morgan fingerprint density at radius 2 is 1.85 bits per heavy atom. The summed E-state index contributed by atoms with van der Waals surface area (Å²) in [5, 5.41) is 2.26. The van der Waals surface area contributed by atoms with Crippen LogP contribution in [-0.2, 0) is 27.8 Å². The van der Waals surface area contributed by atoms with Gasteiger partial charge in [-0.2, -0.15) is 21.9 Å². The SMILES string of the molecule is CN(C(=O)[C@H](Cc1cc(F)cc(F)c1)NC(=O)NS(=O)(=O)N1CCc2cccnc21)c1ccc2scnc2c1F.S. The highest BCUT2D eigenvalue weighted by molar-refractivity contribution is 7.91. The summed E-state index contributed by atoms with van der Waals surface area (Å²) >= 11 is 1.20. The predicted molar refractivity (Wildman–Crippen MR) is 153 cm³/mol. The first-order chi connectivity index (χ1) is 19.0. The molecule has 0 bridgehead atoms. The molecule has 0 saturated carbocycles. The molecule has 0 aliphatic carbocycles. The minimum Gasteiger partial charge on any atom is -0.325 e. The molecule has 5 rings (SSSR count). The van der Waals surface area contributed by atoms with E-state index >= 15 is 4.39 Å². The number of carbonyl (C=O) groups excluding carboxylic acids is 2. The van der Waals surface area contributed by atoms with Crippen LogP contribution in [0.5, 0.6) is 0 Å². The molecule has 16 heteroatoms. The lowest BCUT2D eigenvalue weighted by Crippen LogP contribution is -2.54. The zero-order valence-corrected chi connectivity index (χ0v) is 23.9. The van der Waals surface area contributed by atoms with E-state index in [4.69, 9.17) is 0 Å². The minimum absolute atomic E-state index is 0. The number of anilines is 2. The number of thiazole rings is 1. The summed E-state index contributed by atoms with van der Waals surface area (Å²) in [4.78, 5) is 35.3. The summed E-state index contributed by atoms with van der Waals surface area (Å²) in [5.74, 6) is -3.32. The summed E-state index contributed by atoms with van der Waals surface area (Å²) in [6.45, 7) is 0.0427. The smallest absolute Gasteiger partial charge is 0.325 e. The molecular formula is C25H23F3N6O4S3. The molecule has 0 fully saturated rings. The lowest BCUT2D eigenvalue weighted by Gasteiger charge is -2.26. The third-order valence-electron chi connectivity index (χ3n) is 6.28. The Hall–Kier alpha value is -3.89. The van der Waals surface area contributed by atoms with Crippen LogP contribution in [0.2, 0.25) is 0 Å². The number of nitrogens with one attached hydrogen (secondary N) is 2. The molecule has 0 saturated heterocycles. The number of rotatable bonds is 7. The number of likely N-dealkylation sites (N-methyl/N-ethyl adjacent to an activating group) is 1. The molecule has 0 radical (unpaired) electrons. The van der Waals surface area contributed by atoms with Gasteiger partial charge in [0.25, 0.3) is 0 Å². The first kappa shape index (κ1) is 30.1. The van der Waals surface area contributed by atoms with Crippen molar-refractivity contribution in [3.8, 4) is 0 Å². The van der Waals surface area contributed by atoms with E-state index in [9.17, 15) is 26.8 Å². The van der Waals surface area contributed by atoms with E-state index in [-0.39, 0.29) is 42.6 Å². The van der Waals surface area contributed by atoms with Crippen molar-refractivity contribution in [3.05, 3.63) is 82.8 Å². The summed E-state index contributed by atoms with van der Waals surface area (Å²) in [7, 11) is -3.18. The highest BCUT2D eigenvalue weighted by atomic mass is 32.2. The fourth-order valence-electron chi connectivity index (χ4n) is 4.44. The van der Waals surface area contributed by atoms with Crippen molar-refractivity contribution >= 4 is 68.7 Å². The summed E-state index contributed by atoms with van der Waals surface area (Å²) in [5.41, 5.74) is 2.01. The van der Waals surface area contributed by atoms with E-state index < -0.39 is 52.1 Å². The maximum atomic E-state index is 15.1. The number of nitrogens with zero attached hydrogens (tertiary/aromatic N) is 4. The van der Waals surface area contributed by atoms with Gasteiger partial charge in [0.2, 0.25) is 5.91 Å². The molecule has 2 aromatic carbocycles. The van der Waals surface area contributed by atoms with Gasteiger partial charge in [0.1, 0.15) is 29.0 Å². The molecular weight excluding hydrogens is 602 g/mol. The van der Waals surface area contributed by atoms with Crippen molar-refractivity contribution in [1.29, 1.82) is 0 Å². The molecule has 4 aromatic rings. The van der Waals surface area contributed by atoms with Crippen LogP contribution >= 0.6 is 24.8 Å². The third-order valence-corrected chi connectivity index (χ3v) is 8.45. The van der Waals surface area contributed by atoms with Crippen molar-refractivity contribution in [2.75, 3.05) is 22.8 Å². The monoisotopic (exact) mass is 624 g/mol. The number of aromatic nitrogens is 2. The first-order valence-corrected chi connectivity index (χ1v) is 14.1. The van der Waals surface area contributed by atoms with Gasteiger partial charge in [0.15, 0.2) is 5.82 Å². The van der Waals surface area contributed by atoms with Crippen molar-refractivity contribution in [2.24, 2.45) is 0 Å². The van der Waals surface area contributed by atoms with Gasteiger partial charge < -0.3 is 10.2 Å². The number of hydrogen-bond donors (Lipinski definition) is 2. The van der Waals surface area contributed by atoms with Gasteiger partial charge in [0, 0.05) is 32.3 Å². The largest absolute Gasteiger partial charge is 0.330 e. The number of fused-ring (bicyclic) bond motifs is 2. The van der Waals surface area contributed by atoms with E-state index in [2.05, 4.69) is 15.3 Å². The quantitative estimate of drug-likeness (QED) is 0.325. The molecule has 216 valence electrons. The number of amides is 3. The Morgan fingerprint density at radius 1 is 1.12 bits per heavy atom. The molecule has 0 spiro atoms. The fraction of sp³-hybridized carbons (Fsp3) is 0.200. The van der Waals surface area contributed by atoms with Crippen LogP contribution in [0.4, 0.5) is 29.5 Å². The Labute approximate surface area is 243 Å². The molecule has 2 aromatic heterocycles. The van der Waals surface area contributed by atoms with Crippen LogP contribution in [0.1, 0.15) is 11.1 Å². The van der Waals surface area contributed by atoms with Crippen molar-refractivity contribution in [3.63, 3.8) is 0 Å². The number of hydrogen-bond acceptors (Lipinski definition) is 7. The number of benzene rings is 2. The van der Waals surface area contributed by atoms with Gasteiger partial charge in [-0.3, -0.25) is 4.79 Å². The molecule has 0 unspecified atom stereocenters. The van der Waals surface area contributed by atoms with Crippen LogP contribution in [0.25, 0.3) is 10.2 Å². The second kappa shape index (κ2) is 11.9. The van der Waals surface area contributed by atoms with Gasteiger partial charge in [-0.25, -0.2) is 37.0 Å². The number of urea groups is 1. The minimum atomic E-state index is -4.43. The molecule has 41 heavy (non-hydrogen) atoms. The first-order valence-electron chi connectivity index (χ1n) is 11.8. The highest BCUT2D eigenvalue weighted by Gasteiger charge is 2.34. The summed E-state index contributed by atoms with van der Waals surface area (Å²) < 4.78 is 72.1. The predicted octanol–water partition coefficient (Wildman–Crippen LogP) is 3.40. The maximum absolute atomic E-state index is 15.1. The topological polar surface area (TPSA) is 125 Å². The van der Waals surface area contributed by atoms with Gasteiger partial charge in [-0.1, -0.05) is 6.07 Å². The van der Waals surface area contributed by atoms with Gasteiger partial charge in [0.05, 0.1) is 15.9 Å². The molecule has 1 aliphatic heterocycles. The lowest BCUT2D eigenvalue weighted by atomic mass is 10.0. The number of carbonyl (C=O) groups is 2. The van der Waals surface area contributed by atoms with Crippen LogP contribution in [-0.4, -0.2) is 50.0 Å². The fourth-order valence-corrected chi connectivity index (χ4v) is 6.23. The van der Waals surface area contributed by atoms with Crippen LogP contribution in [0.3, 0.4) is 0 Å². The zero-order chi connectivity index (χ0) is 28.6. The van der Waals surface area contributed by atoms with E-state index in [1.54, 1.807) is 18.2 Å². The number of halogens is 3. The molecule has 1 atom stereocenters. The van der Waals surface area contributed by atoms with Gasteiger partial charge >= 0.3 is 16.2 Å². The summed E-state index contributed by atoms with van der Waals surface area (Å²) in [6, 6.07) is 6.05. The molecule has 2 N–H and O–H groups in total. The average molecular weight is 625 g/mol. The molecule has 3 amide bonds. The standard InChI is InChI=1S/C25H21F3N6O4S2.H2S/c1-33(19-4-5-20-22(21(19)28)30-13-39-20)24(35)18(11-14-9-16(26)12-17(27)10-14)31-25(36)32-40(37,38)34-8-6-15-3-2-7-29-23(15)34;/h2-5,7,9-10,12-13,18H,6,8,11H2,1H3,(H2,31,32,36);1H2/t18-;/m0./s1. The van der Waals surface area contributed by atoms with Crippen molar-refractivity contribution in [2.45, 2.75) is 18.9 Å². The van der Waals surface area contributed by atoms with E-state index in [1.807, 2.05) is 4.72 Å².